The molecule has 0 saturated carbocycles. The number of nitrogens with zero attached hydrogens (tertiary/aromatic N) is 1. The first-order chi connectivity index (χ1) is 18.2. The summed E-state index contributed by atoms with van der Waals surface area (Å²) < 4.78 is 14.9. The molecule has 1 aromatic rings. The van der Waals surface area contributed by atoms with Crippen LogP contribution in [0.4, 0.5) is 0 Å². The molecule has 11 nitrogen and oxygen atoms in total. The number of nitrogens with one attached hydrogen (secondary N) is 2. The number of benzene rings is 1. The molecule has 11 heteroatoms. The van der Waals surface area contributed by atoms with Crippen LogP contribution in [0.15, 0.2) is 30.3 Å². The van der Waals surface area contributed by atoms with Crippen LogP contribution in [0.2, 0.25) is 0 Å². The molecule has 0 heterocycles. The second-order valence-corrected chi connectivity index (χ2v) is 8.86. The van der Waals surface area contributed by atoms with Gasteiger partial charge < -0.3 is 24.8 Å². The van der Waals surface area contributed by atoms with Gasteiger partial charge in [-0.15, -0.1) is 0 Å². The molecule has 0 saturated heterocycles. The van der Waals surface area contributed by atoms with Gasteiger partial charge in [0.2, 0.25) is 11.8 Å². The van der Waals surface area contributed by atoms with Gasteiger partial charge in [0.25, 0.3) is 0 Å². The quantitative estimate of drug-likeness (QED) is 0.212. The topological polar surface area (TPSA) is 140 Å². The van der Waals surface area contributed by atoms with Crippen LogP contribution in [-0.2, 0) is 44.8 Å². The number of rotatable bonds is 18. The zero-order valence-corrected chi connectivity index (χ0v) is 22.8. The molecule has 0 bridgehead atoms. The van der Waals surface area contributed by atoms with Gasteiger partial charge in [0.15, 0.2) is 0 Å². The Morgan fingerprint density at radius 1 is 0.763 bits per heavy atom. The number of unbranched alkanes of at least 4 members (excludes halogenated alkanes) is 2. The van der Waals surface area contributed by atoms with Crippen molar-refractivity contribution in [3.63, 3.8) is 0 Å². The summed E-state index contributed by atoms with van der Waals surface area (Å²) in [6.07, 6.45) is 3.83. The average Bonchev–Trinajstić information content (AvgIpc) is 2.91. The molecule has 0 unspecified atom stereocenters. The molecule has 2 amide bonds. The Kier molecular flexibility index (Phi) is 16.0. The Bertz CT molecular complexity index is 850. The normalized spacial score (nSPS) is 12.2. The fraction of sp³-hybridized carbons (Fsp3) is 0.593. The van der Waals surface area contributed by atoms with Crippen molar-refractivity contribution >= 4 is 29.7 Å². The number of ether oxygens (including phenoxy) is 3. The minimum Gasteiger partial charge on any atom is -0.467 e. The van der Waals surface area contributed by atoms with Crippen LogP contribution >= 0.6 is 0 Å². The first-order valence-electron chi connectivity index (χ1n) is 12.9. The van der Waals surface area contributed by atoms with Crippen molar-refractivity contribution in [1.82, 2.24) is 15.5 Å². The highest BCUT2D eigenvalue weighted by Crippen LogP contribution is 2.06. The minimum atomic E-state index is -0.842. The number of carbonyl (C=O) groups excluding carboxylic acids is 5. The monoisotopic (exact) mass is 535 g/mol. The van der Waals surface area contributed by atoms with E-state index in [0.717, 1.165) is 18.4 Å². The predicted molar refractivity (Wildman–Crippen MR) is 140 cm³/mol. The van der Waals surface area contributed by atoms with E-state index in [2.05, 4.69) is 10.6 Å². The molecular formula is C27H41N3O8. The highest BCUT2D eigenvalue weighted by Gasteiger charge is 2.26. The lowest BCUT2D eigenvalue weighted by atomic mass is 10.1. The van der Waals surface area contributed by atoms with Crippen molar-refractivity contribution in [1.29, 1.82) is 0 Å². The summed E-state index contributed by atoms with van der Waals surface area (Å²) >= 11 is 0. The van der Waals surface area contributed by atoms with E-state index in [0.29, 0.717) is 25.7 Å². The number of esters is 3. The molecule has 2 N–H and O–H groups in total. The zero-order chi connectivity index (χ0) is 28.3. The summed E-state index contributed by atoms with van der Waals surface area (Å²) in [6.45, 7) is 2.88. The van der Waals surface area contributed by atoms with Gasteiger partial charge in [-0.3, -0.25) is 19.3 Å². The molecular weight excluding hydrogens is 494 g/mol. The summed E-state index contributed by atoms with van der Waals surface area (Å²) in [5.41, 5.74) is 0.788. The maximum absolute atomic E-state index is 12.8. The second-order valence-electron chi connectivity index (χ2n) is 8.86. The molecule has 1 rings (SSSR count). The largest absolute Gasteiger partial charge is 0.467 e. The van der Waals surface area contributed by atoms with Gasteiger partial charge in [0, 0.05) is 0 Å². The fourth-order valence-electron chi connectivity index (χ4n) is 3.62. The number of methoxy groups -OCH3 is 2. The smallest absolute Gasteiger partial charge is 0.328 e. The molecule has 1 aromatic carbocycles. The molecule has 0 aliphatic carbocycles. The van der Waals surface area contributed by atoms with Crippen LogP contribution in [0.5, 0.6) is 0 Å². The summed E-state index contributed by atoms with van der Waals surface area (Å²) in [5, 5.41) is 5.24. The van der Waals surface area contributed by atoms with E-state index in [1.807, 2.05) is 32.0 Å². The molecule has 0 spiro atoms. The van der Waals surface area contributed by atoms with E-state index < -0.39 is 41.8 Å². The number of amides is 2. The molecule has 0 aromatic heterocycles. The van der Waals surface area contributed by atoms with Crippen LogP contribution in [0.3, 0.4) is 0 Å². The number of hydrogen-bond donors (Lipinski definition) is 2. The Morgan fingerprint density at radius 2 is 1.24 bits per heavy atom. The van der Waals surface area contributed by atoms with E-state index in [1.54, 1.807) is 12.1 Å². The van der Waals surface area contributed by atoms with E-state index in [-0.39, 0.29) is 26.2 Å². The molecule has 0 aliphatic heterocycles. The summed E-state index contributed by atoms with van der Waals surface area (Å²) in [6, 6.07) is 7.40. The molecule has 2 atom stereocenters. The molecule has 38 heavy (non-hydrogen) atoms. The predicted octanol–water partition coefficient (Wildman–Crippen LogP) is 1.73. The number of carbonyl (C=O) groups is 5. The standard InChI is InChI=1S/C27H41N3O8/c1-5-7-14-21(26(34)36-3)28-23(31)16-30(18-25(33)38-19-20-12-10-9-11-13-20)17-24(32)29-22(15-8-6-2)27(35)37-4/h9-13,21-22H,5-8,14-19H2,1-4H3,(H,28,31)(H,29,32)/t21-,22-/m0/s1. The SMILES string of the molecule is CCCC[C@H](NC(=O)CN(CC(=O)N[C@@H](CCCC)C(=O)OC)CC(=O)OCc1ccccc1)C(=O)OC. The Morgan fingerprint density at radius 3 is 1.66 bits per heavy atom. The van der Waals surface area contributed by atoms with Crippen LogP contribution in [0.25, 0.3) is 0 Å². The highest BCUT2D eigenvalue weighted by atomic mass is 16.5. The first kappa shape index (κ1) is 32.6. The van der Waals surface area contributed by atoms with E-state index in [9.17, 15) is 24.0 Å². The maximum Gasteiger partial charge on any atom is 0.328 e. The lowest BCUT2D eigenvalue weighted by Crippen LogP contribution is -2.50. The zero-order valence-electron chi connectivity index (χ0n) is 22.8. The average molecular weight is 536 g/mol. The van der Waals surface area contributed by atoms with Crippen molar-refractivity contribution in [3.05, 3.63) is 35.9 Å². The Labute approximate surface area is 224 Å². The van der Waals surface area contributed by atoms with Crippen molar-refractivity contribution in [2.24, 2.45) is 0 Å². The summed E-state index contributed by atoms with van der Waals surface area (Å²) in [5.74, 6) is -2.91. The summed E-state index contributed by atoms with van der Waals surface area (Å²) in [7, 11) is 2.48. The third-order valence-corrected chi connectivity index (χ3v) is 5.66. The van der Waals surface area contributed by atoms with Gasteiger partial charge >= 0.3 is 17.9 Å². The first-order valence-corrected chi connectivity index (χ1v) is 12.9. The van der Waals surface area contributed by atoms with E-state index in [1.165, 1.54) is 19.1 Å². The number of hydrogen-bond acceptors (Lipinski definition) is 9. The summed E-state index contributed by atoms with van der Waals surface area (Å²) in [4.78, 5) is 63.6. The van der Waals surface area contributed by atoms with Gasteiger partial charge in [-0.1, -0.05) is 69.9 Å². The fourth-order valence-corrected chi connectivity index (χ4v) is 3.62. The maximum atomic E-state index is 12.8. The molecule has 0 aliphatic rings. The van der Waals surface area contributed by atoms with Crippen LogP contribution < -0.4 is 10.6 Å². The Balaban J connectivity index is 2.90. The molecule has 212 valence electrons. The van der Waals surface area contributed by atoms with Crippen molar-refractivity contribution in [2.75, 3.05) is 33.9 Å². The lowest BCUT2D eigenvalue weighted by molar-refractivity contribution is -0.149. The third kappa shape index (κ3) is 13.2. The van der Waals surface area contributed by atoms with Gasteiger partial charge in [0.1, 0.15) is 18.7 Å². The second kappa shape index (κ2) is 18.7. The minimum absolute atomic E-state index is 0.0365. The van der Waals surface area contributed by atoms with Gasteiger partial charge in [-0.25, -0.2) is 9.59 Å². The van der Waals surface area contributed by atoms with Crippen LogP contribution in [0.1, 0.15) is 57.9 Å². The highest BCUT2D eigenvalue weighted by molar-refractivity contribution is 5.88. The lowest BCUT2D eigenvalue weighted by Gasteiger charge is -2.23. The van der Waals surface area contributed by atoms with Crippen molar-refractivity contribution in [3.8, 4) is 0 Å². The van der Waals surface area contributed by atoms with Crippen LogP contribution in [0, 0.1) is 0 Å². The van der Waals surface area contributed by atoms with Gasteiger partial charge in [-0.05, 0) is 18.4 Å². The molecule has 0 fully saturated rings. The van der Waals surface area contributed by atoms with Crippen LogP contribution in [-0.4, -0.2) is 80.6 Å². The van der Waals surface area contributed by atoms with E-state index >= 15 is 0 Å². The van der Waals surface area contributed by atoms with E-state index in [4.69, 9.17) is 14.2 Å². The van der Waals surface area contributed by atoms with Crippen molar-refractivity contribution in [2.45, 2.75) is 71.1 Å². The third-order valence-electron chi connectivity index (χ3n) is 5.66. The molecule has 0 radical (unpaired) electrons. The van der Waals surface area contributed by atoms with Gasteiger partial charge in [0.05, 0.1) is 33.9 Å². The van der Waals surface area contributed by atoms with Crippen molar-refractivity contribution < 1.29 is 38.2 Å². The van der Waals surface area contributed by atoms with Gasteiger partial charge in [-0.2, -0.15) is 0 Å². The Hall–Kier alpha value is -3.47.